The Bertz CT molecular complexity index is 936. The predicted octanol–water partition coefficient (Wildman–Crippen LogP) is 2.01. The third-order valence-electron chi connectivity index (χ3n) is 5.07. The van der Waals surface area contributed by atoms with Crippen molar-refractivity contribution in [1.82, 2.24) is 29.8 Å². The molecule has 2 aliphatic rings. The van der Waals surface area contributed by atoms with Crippen LogP contribution in [0.15, 0.2) is 24.5 Å². The van der Waals surface area contributed by atoms with Gasteiger partial charge in [0, 0.05) is 42.8 Å². The Morgan fingerprint density at radius 1 is 1.15 bits per heavy atom. The van der Waals surface area contributed by atoms with E-state index in [2.05, 4.69) is 30.2 Å². The molecule has 1 unspecified atom stereocenters. The van der Waals surface area contributed by atoms with E-state index in [9.17, 15) is 0 Å². The first-order chi connectivity index (χ1) is 12.8. The molecular weight excluding hydrogens is 330 g/mol. The van der Waals surface area contributed by atoms with Crippen LogP contribution in [-0.2, 0) is 0 Å². The molecule has 0 bridgehead atoms. The highest BCUT2D eigenvalue weighted by molar-refractivity contribution is 5.40. The van der Waals surface area contributed by atoms with Gasteiger partial charge in [-0.3, -0.25) is 0 Å². The van der Waals surface area contributed by atoms with Crippen LogP contribution in [0.3, 0.4) is 0 Å². The largest absolute Gasteiger partial charge is 0.476 e. The minimum atomic E-state index is 0.464. The van der Waals surface area contributed by atoms with E-state index in [1.807, 2.05) is 29.6 Å². The van der Waals surface area contributed by atoms with E-state index >= 15 is 0 Å². The Morgan fingerprint density at radius 3 is 2.92 bits per heavy atom. The number of ether oxygens (including phenoxy) is 1. The summed E-state index contributed by atoms with van der Waals surface area (Å²) in [5, 5.41) is 13.0. The molecule has 0 N–H and O–H groups in total. The topological polar surface area (TPSA) is 81.3 Å². The molecule has 1 atom stereocenters. The molecule has 0 amide bonds. The second-order valence-corrected chi connectivity index (χ2v) is 7.20. The van der Waals surface area contributed by atoms with E-state index in [-0.39, 0.29) is 0 Å². The summed E-state index contributed by atoms with van der Waals surface area (Å²) < 4.78 is 7.81. The van der Waals surface area contributed by atoms with Gasteiger partial charge in [-0.2, -0.15) is 4.52 Å². The number of anilines is 1. The summed E-state index contributed by atoms with van der Waals surface area (Å²) in [6, 6.07) is 5.83. The third kappa shape index (κ3) is 2.95. The summed E-state index contributed by atoms with van der Waals surface area (Å²) in [5.74, 6) is 3.56. The molecule has 8 heteroatoms. The van der Waals surface area contributed by atoms with Gasteiger partial charge in [0.2, 0.25) is 5.88 Å². The van der Waals surface area contributed by atoms with Gasteiger partial charge in [0.05, 0.1) is 6.61 Å². The smallest absolute Gasteiger partial charge is 0.231 e. The van der Waals surface area contributed by atoms with Crippen molar-refractivity contribution in [2.45, 2.75) is 32.1 Å². The molecule has 4 heterocycles. The fourth-order valence-corrected chi connectivity index (χ4v) is 3.46. The molecule has 8 nitrogen and oxygen atoms in total. The lowest BCUT2D eigenvalue weighted by atomic mass is 10.1. The normalized spacial score (nSPS) is 20.0. The van der Waals surface area contributed by atoms with E-state index < -0.39 is 0 Å². The number of rotatable bonds is 5. The zero-order valence-corrected chi connectivity index (χ0v) is 14.7. The van der Waals surface area contributed by atoms with Crippen LogP contribution in [0.4, 0.5) is 5.82 Å². The molecule has 0 spiro atoms. The first kappa shape index (κ1) is 15.5. The number of aryl methyl sites for hydroxylation is 1. The van der Waals surface area contributed by atoms with Gasteiger partial charge in [0.15, 0.2) is 11.5 Å². The lowest BCUT2D eigenvalue weighted by Gasteiger charge is -2.17. The first-order valence-corrected chi connectivity index (χ1v) is 9.15. The molecule has 0 radical (unpaired) electrons. The minimum absolute atomic E-state index is 0.464. The molecular formula is C18H21N7O. The van der Waals surface area contributed by atoms with Gasteiger partial charge in [-0.05, 0) is 32.3 Å². The van der Waals surface area contributed by atoms with Gasteiger partial charge in [0.1, 0.15) is 12.1 Å². The van der Waals surface area contributed by atoms with Gasteiger partial charge >= 0.3 is 0 Å². The van der Waals surface area contributed by atoms with Crippen LogP contribution in [0, 0.1) is 12.8 Å². The van der Waals surface area contributed by atoms with Crippen LogP contribution in [0.1, 0.15) is 36.7 Å². The van der Waals surface area contributed by atoms with Crippen molar-refractivity contribution in [1.29, 1.82) is 0 Å². The fraction of sp³-hybridized carbons (Fsp3) is 0.500. The molecule has 1 saturated heterocycles. The molecule has 26 heavy (non-hydrogen) atoms. The van der Waals surface area contributed by atoms with Crippen LogP contribution >= 0.6 is 0 Å². The maximum Gasteiger partial charge on any atom is 0.231 e. The Labute approximate surface area is 151 Å². The predicted molar refractivity (Wildman–Crippen MR) is 95.3 cm³/mol. The summed E-state index contributed by atoms with van der Waals surface area (Å²) in [6.45, 7) is 4.58. The van der Waals surface area contributed by atoms with Crippen LogP contribution in [0.5, 0.6) is 5.88 Å². The van der Waals surface area contributed by atoms with Gasteiger partial charge in [-0.25, -0.2) is 9.97 Å². The average molecular weight is 351 g/mol. The second kappa shape index (κ2) is 6.19. The van der Waals surface area contributed by atoms with E-state index in [1.54, 1.807) is 6.33 Å². The van der Waals surface area contributed by atoms with E-state index in [4.69, 9.17) is 4.74 Å². The summed E-state index contributed by atoms with van der Waals surface area (Å²) >= 11 is 0. The van der Waals surface area contributed by atoms with Gasteiger partial charge < -0.3 is 9.64 Å². The highest BCUT2D eigenvalue weighted by Gasteiger charge is 2.29. The zero-order valence-electron chi connectivity index (χ0n) is 14.7. The Hall–Kier alpha value is -2.77. The lowest BCUT2D eigenvalue weighted by Crippen LogP contribution is -2.23. The Kier molecular flexibility index (Phi) is 3.69. The molecule has 134 valence electrons. The van der Waals surface area contributed by atoms with Crippen molar-refractivity contribution in [3.63, 3.8) is 0 Å². The van der Waals surface area contributed by atoms with Crippen molar-refractivity contribution >= 4 is 11.5 Å². The lowest BCUT2D eigenvalue weighted by molar-refractivity contribution is 0.248. The van der Waals surface area contributed by atoms with Crippen molar-refractivity contribution in [3.8, 4) is 5.88 Å². The van der Waals surface area contributed by atoms with Crippen LogP contribution in [-0.4, -0.2) is 49.5 Å². The first-order valence-electron chi connectivity index (χ1n) is 9.15. The summed E-state index contributed by atoms with van der Waals surface area (Å²) in [6.07, 6.45) is 5.07. The summed E-state index contributed by atoms with van der Waals surface area (Å²) in [5.41, 5.74) is 1.78. The summed E-state index contributed by atoms with van der Waals surface area (Å²) in [7, 11) is 0. The van der Waals surface area contributed by atoms with E-state index in [0.717, 1.165) is 42.5 Å². The minimum Gasteiger partial charge on any atom is -0.476 e. The third-order valence-corrected chi connectivity index (χ3v) is 5.07. The van der Waals surface area contributed by atoms with Gasteiger partial charge in [-0.15, -0.1) is 15.3 Å². The quantitative estimate of drug-likeness (QED) is 0.695. The summed E-state index contributed by atoms with van der Waals surface area (Å²) in [4.78, 5) is 10.8. The molecule has 5 rings (SSSR count). The van der Waals surface area contributed by atoms with Crippen molar-refractivity contribution in [3.05, 3.63) is 36.0 Å². The van der Waals surface area contributed by atoms with Gasteiger partial charge in [-0.1, -0.05) is 0 Å². The zero-order chi connectivity index (χ0) is 17.5. The SMILES string of the molecule is Cc1cc(N2CCC(COc3ccc4nnc(C5CC5)n4n3)C2)ncn1. The van der Waals surface area contributed by atoms with E-state index in [0.29, 0.717) is 24.3 Å². The number of hydrogen-bond donors (Lipinski definition) is 0. The average Bonchev–Trinajstić information content (AvgIpc) is 3.23. The van der Waals surface area contributed by atoms with E-state index in [1.165, 1.54) is 12.8 Å². The second-order valence-electron chi connectivity index (χ2n) is 7.20. The molecule has 3 aromatic heterocycles. The van der Waals surface area contributed by atoms with Gasteiger partial charge in [0.25, 0.3) is 0 Å². The number of aromatic nitrogens is 6. The van der Waals surface area contributed by atoms with Crippen LogP contribution in [0.25, 0.3) is 5.65 Å². The standard InChI is InChI=1S/C18H21N7O/c1-12-8-16(20-11-19-12)24-7-6-13(9-24)10-26-17-5-4-15-21-22-18(14-2-3-14)25(15)23-17/h4-5,8,11,13-14H,2-3,6-7,9-10H2,1H3. The van der Waals surface area contributed by atoms with Crippen molar-refractivity contribution in [2.75, 3.05) is 24.6 Å². The molecule has 1 saturated carbocycles. The molecule has 1 aliphatic carbocycles. The highest BCUT2D eigenvalue weighted by Crippen LogP contribution is 2.38. The van der Waals surface area contributed by atoms with Crippen molar-refractivity contribution < 1.29 is 4.74 Å². The van der Waals surface area contributed by atoms with Crippen LogP contribution in [0.2, 0.25) is 0 Å². The molecule has 0 aromatic carbocycles. The number of nitrogens with zero attached hydrogens (tertiary/aromatic N) is 7. The highest BCUT2D eigenvalue weighted by atomic mass is 16.5. The van der Waals surface area contributed by atoms with Crippen molar-refractivity contribution in [2.24, 2.45) is 5.92 Å². The Balaban J connectivity index is 1.24. The molecule has 1 aliphatic heterocycles. The number of fused-ring (bicyclic) bond motifs is 1. The maximum absolute atomic E-state index is 5.98. The number of hydrogen-bond acceptors (Lipinski definition) is 7. The fourth-order valence-electron chi connectivity index (χ4n) is 3.46. The molecule has 2 fully saturated rings. The van der Waals surface area contributed by atoms with Crippen LogP contribution < -0.4 is 9.64 Å². The monoisotopic (exact) mass is 351 g/mol. The molecule has 3 aromatic rings. The Morgan fingerprint density at radius 2 is 2.08 bits per heavy atom. The maximum atomic E-state index is 5.98.